The summed E-state index contributed by atoms with van der Waals surface area (Å²) < 4.78 is 26.4. The summed E-state index contributed by atoms with van der Waals surface area (Å²) in [7, 11) is -3.58. The third kappa shape index (κ3) is 2.88. The maximum atomic E-state index is 12.0. The van der Waals surface area contributed by atoms with Gasteiger partial charge in [-0.15, -0.1) is 0 Å². The van der Waals surface area contributed by atoms with Crippen molar-refractivity contribution in [2.75, 3.05) is 5.75 Å². The largest absolute Gasteiger partial charge is 0.285 e. The van der Waals surface area contributed by atoms with Crippen molar-refractivity contribution >= 4 is 26.9 Å². The van der Waals surface area contributed by atoms with Crippen LogP contribution in [0.2, 0.25) is 0 Å². The lowest BCUT2D eigenvalue weighted by Gasteiger charge is -2.10. The van der Waals surface area contributed by atoms with Gasteiger partial charge in [0, 0.05) is 5.75 Å². The summed E-state index contributed by atoms with van der Waals surface area (Å²) >= 11 is 1.18. The summed E-state index contributed by atoms with van der Waals surface area (Å²) in [5, 5.41) is -0.0966. The lowest BCUT2D eigenvalue weighted by molar-refractivity contribution is -0.111. The molecule has 17 heavy (non-hydrogen) atoms. The van der Waals surface area contributed by atoms with Gasteiger partial charge in [-0.1, -0.05) is 29.5 Å². The molecule has 0 amide bonds. The molecule has 4 nitrogen and oxygen atoms in total. The first kappa shape index (κ1) is 12.6. The molecule has 0 saturated carbocycles. The predicted molar refractivity (Wildman–Crippen MR) is 67.4 cm³/mol. The number of benzene rings is 1. The maximum absolute atomic E-state index is 12.0. The van der Waals surface area contributed by atoms with Crippen molar-refractivity contribution in [3.63, 3.8) is 0 Å². The number of nitrogens with one attached hydrogen (secondary N) is 1. The minimum atomic E-state index is -3.58. The molecule has 1 aliphatic rings. The van der Waals surface area contributed by atoms with Crippen LogP contribution in [0.25, 0.3) is 0 Å². The number of aryl methyl sites for hydroxylation is 1. The second-order valence-corrected chi connectivity index (χ2v) is 6.76. The highest BCUT2D eigenvalue weighted by molar-refractivity contribution is 8.14. The number of sulfonamides is 1. The minimum Gasteiger partial charge on any atom is -0.285 e. The van der Waals surface area contributed by atoms with Gasteiger partial charge in [0.2, 0.25) is 15.1 Å². The molecule has 92 valence electrons. The van der Waals surface area contributed by atoms with E-state index in [0.29, 0.717) is 12.2 Å². The van der Waals surface area contributed by atoms with Gasteiger partial charge in [-0.3, -0.25) is 4.79 Å². The Morgan fingerprint density at radius 3 is 2.47 bits per heavy atom. The van der Waals surface area contributed by atoms with Crippen LogP contribution in [0.4, 0.5) is 0 Å². The molecule has 0 aliphatic carbocycles. The summed E-state index contributed by atoms with van der Waals surface area (Å²) in [4.78, 5) is 11.6. The van der Waals surface area contributed by atoms with Crippen LogP contribution in [-0.2, 0) is 14.8 Å². The molecule has 1 heterocycles. The molecule has 0 unspecified atom stereocenters. The zero-order chi connectivity index (χ0) is 12.5. The third-order valence-electron chi connectivity index (χ3n) is 2.56. The van der Waals surface area contributed by atoms with E-state index >= 15 is 0 Å². The summed E-state index contributed by atoms with van der Waals surface area (Å²) in [6.07, 6.45) is 0.564. The Kier molecular flexibility index (Phi) is 3.56. The van der Waals surface area contributed by atoms with Gasteiger partial charge in [0.25, 0.3) is 0 Å². The fraction of sp³-hybridized carbons (Fsp3) is 0.364. The molecule has 1 N–H and O–H groups in total. The van der Waals surface area contributed by atoms with Gasteiger partial charge >= 0.3 is 0 Å². The lowest BCUT2D eigenvalue weighted by Crippen LogP contribution is -2.37. The van der Waals surface area contributed by atoms with Gasteiger partial charge in [-0.05, 0) is 25.5 Å². The quantitative estimate of drug-likeness (QED) is 0.900. The Labute approximate surface area is 105 Å². The van der Waals surface area contributed by atoms with Crippen molar-refractivity contribution in [3.05, 3.63) is 29.8 Å². The van der Waals surface area contributed by atoms with Crippen LogP contribution in [0.5, 0.6) is 0 Å². The highest BCUT2D eigenvalue weighted by Crippen LogP contribution is 2.21. The van der Waals surface area contributed by atoms with Crippen LogP contribution in [-0.4, -0.2) is 25.3 Å². The second-order valence-electron chi connectivity index (χ2n) is 3.94. The van der Waals surface area contributed by atoms with Crippen LogP contribution in [0.3, 0.4) is 0 Å². The second kappa shape index (κ2) is 4.80. The van der Waals surface area contributed by atoms with Crippen LogP contribution < -0.4 is 4.72 Å². The SMILES string of the molecule is Cc1ccc(S(=O)(=O)N[C@@H]2CCSC2=O)cc1. The first-order valence-corrected chi connectivity index (χ1v) is 7.71. The Bertz CT molecular complexity index is 522. The van der Waals surface area contributed by atoms with Crippen LogP contribution in [0.1, 0.15) is 12.0 Å². The van der Waals surface area contributed by atoms with Crippen molar-refractivity contribution < 1.29 is 13.2 Å². The smallest absolute Gasteiger partial charge is 0.241 e. The Morgan fingerprint density at radius 1 is 1.29 bits per heavy atom. The van der Waals surface area contributed by atoms with Crippen LogP contribution in [0.15, 0.2) is 29.2 Å². The van der Waals surface area contributed by atoms with E-state index in [1.54, 1.807) is 24.3 Å². The summed E-state index contributed by atoms with van der Waals surface area (Å²) in [5.41, 5.74) is 0.997. The number of hydrogen-bond acceptors (Lipinski definition) is 4. The molecule has 2 rings (SSSR count). The minimum absolute atomic E-state index is 0.0966. The summed E-state index contributed by atoms with van der Waals surface area (Å²) in [5.74, 6) is 0.680. The van der Waals surface area contributed by atoms with E-state index in [2.05, 4.69) is 4.72 Å². The van der Waals surface area contributed by atoms with E-state index in [0.717, 1.165) is 5.56 Å². The number of rotatable bonds is 3. The molecule has 1 saturated heterocycles. The molecule has 0 radical (unpaired) electrons. The maximum Gasteiger partial charge on any atom is 0.241 e. The van der Waals surface area contributed by atoms with Crippen molar-refractivity contribution in [1.82, 2.24) is 4.72 Å². The Morgan fingerprint density at radius 2 is 1.94 bits per heavy atom. The predicted octanol–water partition coefficient (Wildman–Crippen LogP) is 1.31. The molecule has 0 aromatic heterocycles. The highest BCUT2D eigenvalue weighted by atomic mass is 32.2. The molecule has 1 aliphatic heterocycles. The topological polar surface area (TPSA) is 63.2 Å². The van der Waals surface area contributed by atoms with Gasteiger partial charge in [0.1, 0.15) is 0 Å². The molecule has 0 bridgehead atoms. The molecular weight excluding hydrogens is 258 g/mol. The first-order chi connectivity index (χ1) is 7.99. The van der Waals surface area contributed by atoms with Gasteiger partial charge in [-0.25, -0.2) is 8.42 Å². The fourth-order valence-corrected chi connectivity index (χ4v) is 3.81. The molecular formula is C11H13NO3S2. The number of thioether (sulfide) groups is 1. The van der Waals surface area contributed by atoms with Crippen molar-refractivity contribution in [2.45, 2.75) is 24.3 Å². The zero-order valence-corrected chi connectivity index (χ0v) is 11.0. The number of hydrogen-bond donors (Lipinski definition) is 1. The van der Waals surface area contributed by atoms with E-state index in [1.807, 2.05) is 6.92 Å². The lowest BCUT2D eigenvalue weighted by atomic mass is 10.2. The van der Waals surface area contributed by atoms with E-state index in [4.69, 9.17) is 0 Å². The van der Waals surface area contributed by atoms with Crippen molar-refractivity contribution in [3.8, 4) is 0 Å². The normalized spacial score (nSPS) is 20.8. The number of carbonyl (C=O) groups is 1. The third-order valence-corrected chi connectivity index (χ3v) is 5.06. The first-order valence-electron chi connectivity index (χ1n) is 5.25. The molecule has 1 aromatic carbocycles. The van der Waals surface area contributed by atoms with Gasteiger partial charge in [0.05, 0.1) is 10.9 Å². The number of carbonyl (C=O) groups excluding carboxylic acids is 1. The average molecular weight is 271 g/mol. The molecule has 1 atom stereocenters. The monoisotopic (exact) mass is 271 g/mol. The highest BCUT2D eigenvalue weighted by Gasteiger charge is 2.29. The van der Waals surface area contributed by atoms with E-state index in [9.17, 15) is 13.2 Å². The van der Waals surface area contributed by atoms with Crippen molar-refractivity contribution in [1.29, 1.82) is 0 Å². The van der Waals surface area contributed by atoms with E-state index < -0.39 is 16.1 Å². The summed E-state index contributed by atoms with van der Waals surface area (Å²) in [6, 6.07) is 5.99. The Hall–Kier alpha value is -0.850. The van der Waals surface area contributed by atoms with Gasteiger partial charge in [-0.2, -0.15) is 4.72 Å². The average Bonchev–Trinajstić information content (AvgIpc) is 2.64. The fourth-order valence-electron chi connectivity index (χ4n) is 1.58. The van der Waals surface area contributed by atoms with E-state index in [1.165, 1.54) is 11.8 Å². The molecule has 0 spiro atoms. The van der Waals surface area contributed by atoms with Crippen molar-refractivity contribution in [2.24, 2.45) is 0 Å². The van der Waals surface area contributed by atoms with Gasteiger partial charge < -0.3 is 0 Å². The standard InChI is InChI=1S/C11H13NO3S2/c1-8-2-4-9(5-3-8)17(14,15)12-10-6-7-16-11(10)13/h2-5,10,12H,6-7H2,1H3/t10-/m1/s1. The van der Waals surface area contributed by atoms with E-state index in [-0.39, 0.29) is 10.0 Å². The molecule has 6 heteroatoms. The van der Waals surface area contributed by atoms with Gasteiger partial charge in [0.15, 0.2) is 0 Å². The Balaban J connectivity index is 2.19. The summed E-state index contributed by atoms with van der Waals surface area (Å²) in [6.45, 7) is 1.89. The molecule has 1 fully saturated rings. The van der Waals surface area contributed by atoms with Crippen LogP contribution >= 0.6 is 11.8 Å². The zero-order valence-electron chi connectivity index (χ0n) is 9.34. The van der Waals surface area contributed by atoms with Crippen LogP contribution in [0, 0.1) is 6.92 Å². The molecule has 1 aromatic rings.